The summed E-state index contributed by atoms with van der Waals surface area (Å²) in [4.78, 5) is 23.6. The van der Waals surface area contributed by atoms with Crippen molar-refractivity contribution in [3.63, 3.8) is 0 Å². The molecule has 2 aromatic carbocycles. The van der Waals surface area contributed by atoms with Crippen molar-refractivity contribution < 1.29 is 9.72 Å². The standard InChI is InChI=1S/C23H25ClN4O3/c1-14(2)21(18-9-11-20(24)12-10-18)25-23(29)19-7-5-17(6-8-19)13-27-16(4)22(28(30)31)15(3)26-27/h5-12,14,21H,13H2,1-4H3,(H,25,29). The Morgan fingerprint density at radius 2 is 1.74 bits per heavy atom. The van der Waals surface area contributed by atoms with Crippen LogP contribution in [0.5, 0.6) is 0 Å². The van der Waals surface area contributed by atoms with Crippen LogP contribution in [0.25, 0.3) is 0 Å². The van der Waals surface area contributed by atoms with E-state index in [4.69, 9.17) is 11.6 Å². The van der Waals surface area contributed by atoms with Crippen molar-refractivity contribution in [3.8, 4) is 0 Å². The van der Waals surface area contributed by atoms with Crippen molar-refractivity contribution in [2.24, 2.45) is 5.92 Å². The number of aromatic nitrogens is 2. The van der Waals surface area contributed by atoms with Crippen molar-refractivity contribution in [2.75, 3.05) is 0 Å². The van der Waals surface area contributed by atoms with Gasteiger partial charge in [0.05, 0.1) is 17.5 Å². The van der Waals surface area contributed by atoms with Crippen LogP contribution in [0.2, 0.25) is 5.02 Å². The van der Waals surface area contributed by atoms with E-state index in [1.165, 1.54) is 0 Å². The predicted octanol–water partition coefficient (Wildman–Crippen LogP) is 5.24. The summed E-state index contributed by atoms with van der Waals surface area (Å²) in [5.41, 5.74) is 3.37. The molecule has 0 saturated carbocycles. The minimum absolute atomic E-state index is 0.0397. The number of halogens is 1. The number of carbonyl (C=O) groups excluding carboxylic acids is 1. The fourth-order valence-electron chi connectivity index (χ4n) is 3.57. The monoisotopic (exact) mass is 440 g/mol. The largest absolute Gasteiger partial charge is 0.345 e. The molecule has 1 N–H and O–H groups in total. The second kappa shape index (κ2) is 9.31. The first-order chi connectivity index (χ1) is 14.7. The minimum Gasteiger partial charge on any atom is -0.345 e. The normalized spacial score (nSPS) is 12.1. The highest BCUT2D eigenvalue weighted by molar-refractivity contribution is 6.30. The van der Waals surface area contributed by atoms with E-state index in [0.29, 0.717) is 28.5 Å². The molecule has 0 aliphatic heterocycles. The first-order valence-corrected chi connectivity index (χ1v) is 10.4. The maximum absolute atomic E-state index is 12.8. The molecule has 1 aromatic heterocycles. The molecular formula is C23H25ClN4O3. The molecule has 3 rings (SSSR count). The molecule has 1 atom stereocenters. The summed E-state index contributed by atoms with van der Waals surface area (Å²) in [5.74, 6) is 0.0353. The van der Waals surface area contributed by atoms with Crippen LogP contribution in [-0.4, -0.2) is 20.6 Å². The van der Waals surface area contributed by atoms with Gasteiger partial charge in [-0.15, -0.1) is 0 Å². The summed E-state index contributed by atoms with van der Waals surface area (Å²) in [7, 11) is 0. The van der Waals surface area contributed by atoms with Crippen molar-refractivity contribution in [1.29, 1.82) is 0 Å². The fourth-order valence-corrected chi connectivity index (χ4v) is 3.70. The smallest absolute Gasteiger partial charge is 0.312 e. The number of amides is 1. The molecule has 0 spiro atoms. The second-order valence-electron chi connectivity index (χ2n) is 7.88. The van der Waals surface area contributed by atoms with E-state index < -0.39 is 4.92 Å². The molecule has 3 aromatic rings. The first kappa shape index (κ1) is 22.5. The lowest BCUT2D eigenvalue weighted by Gasteiger charge is -2.23. The maximum Gasteiger partial charge on any atom is 0.312 e. The third-order valence-corrected chi connectivity index (χ3v) is 5.51. The molecule has 0 radical (unpaired) electrons. The van der Waals surface area contributed by atoms with Crippen LogP contribution in [0.4, 0.5) is 5.69 Å². The van der Waals surface area contributed by atoms with Gasteiger partial charge in [0.2, 0.25) is 0 Å². The molecule has 7 nitrogen and oxygen atoms in total. The third kappa shape index (κ3) is 5.11. The Bertz CT molecular complexity index is 1090. The van der Waals surface area contributed by atoms with Crippen LogP contribution in [0.1, 0.15) is 52.8 Å². The van der Waals surface area contributed by atoms with Gasteiger partial charge in [0.25, 0.3) is 5.91 Å². The Hall–Kier alpha value is -3.19. The van der Waals surface area contributed by atoms with Crippen LogP contribution in [0, 0.1) is 29.9 Å². The maximum atomic E-state index is 12.8. The molecule has 0 saturated heterocycles. The van der Waals surface area contributed by atoms with Crippen molar-refractivity contribution in [3.05, 3.63) is 91.7 Å². The van der Waals surface area contributed by atoms with Gasteiger partial charge in [-0.05, 0) is 55.2 Å². The Kier molecular flexibility index (Phi) is 6.75. The van der Waals surface area contributed by atoms with E-state index in [2.05, 4.69) is 24.3 Å². The zero-order chi connectivity index (χ0) is 22.7. The van der Waals surface area contributed by atoms with Crippen LogP contribution in [0.3, 0.4) is 0 Å². The fraction of sp³-hybridized carbons (Fsp3) is 0.304. The highest BCUT2D eigenvalue weighted by Crippen LogP contribution is 2.25. The first-order valence-electron chi connectivity index (χ1n) is 10.0. The number of aryl methyl sites for hydroxylation is 1. The van der Waals surface area contributed by atoms with Crippen molar-refractivity contribution >= 4 is 23.2 Å². The molecule has 1 heterocycles. The summed E-state index contributed by atoms with van der Waals surface area (Å²) < 4.78 is 1.61. The van der Waals surface area contributed by atoms with Gasteiger partial charge >= 0.3 is 5.69 Å². The molecule has 162 valence electrons. The lowest BCUT2D eigenvalue weighted by atomic mass is 9.95. The van der Waals surface area contributed by atoms with E-state index in [0.717, 1.165) is 11.1 Å². The highest BCUT2D eigenvalue weighted by Gasteiger charge is 2.22. The van der Waals surface area contributed by atoms with Crippen LogP contribution in [-0.2, 0) is 6.54 Å². The van der Waals surface area contributed by atoms with Gasteiger partial charge in [-0.2, -0.15) is 5.10 Å². The summed E-state index contributed by atoms with van der Waals surface area (Å²) in [6, 6.07) is 14.5. The van der Waals surface area contributed by atoms with Gasteiger partial charge in [0.15, 0.2) is 0 Å². The average Bonchev–Trinajstić information content (AvgIpc) is 3.00. The topological polar surface area (TPSA) is 90.1 Å². The number of nitrogens with one attached hydrogen (secondary N) is 1. The lowest BCUT2D eigenvalue weighted by molar-refractivity contribution is -0.386. The van der Waals surface area contributed by atoms with Crippen molar-refractivity contribution in [2.45, 2.75) is 40.3 Å². The van der Waals surface area contributed by atoms with Gasteiger partial charge in [-0.3, -0.25) is 19.6 Å². The molecule has 1 amide bonds. The van der Waals surface area contributed by atoms with Crippen molar-refractivity contribution in [1.82, 2.24) is 15.1 Å². The van der Waals surface area contributed by atoms with Crippen LogP contribution < -0.4 is 5.32 Å². The zero-order valence-corrected chi connectivity index (χ0v) is 18.7. The Labute approximate surface area is 186 Å². The highest BCUT2D eigenvalue weighted by atomic mass is 35.5. The van der Waals surface area contributed by atoms with Gasteiger partial charge in [0.1, 0.15) is 11.4 Å². The van der Waals surface area contributed by atoms with E-state index in [1.807, 2.05) is 36.4 Å². The molecule has 0 aliphatic rings. The second-order valence-corrected chi connectivity index (χ2v) is 8.31. The summed E-state index contributed by atoms with van der Waals surface area (Å²) in [6.07, 6.45) is 0. The number of nitrogens with zero attached hydrogens (tertiary/aromatic N) is 3. The minimum atomic E-state index is -0.409. The third-order valence-electron chi connectivity index (χ3n) is 5.26. The Morgan fingerprint density at radius 3 is 2.26 bits per heavy atom. The van der Waals surface area contributed by atoms with Crippen LogP contribution >= 0.6 is 11.6 Å². The van der Waals surface area contributed by atoms with E-state index in [9.17, 15) is 14.9 Å². The Balaban J connectivity index is 1.73. The molecular weight excluding hydrogens is 416 g/mol. The summed E-state index contributed by atoms with van der Waals surface area (Å²) >= 11 is 5.98. The SMILES string of the molecule is Cc1nn(Cc2ccc(C(=O)NC(c3ccc(Cl)cc3)C(C)C)cc2)c(C)c1[N+](=O)[O-]. The number of hydrogen-bond acceptors (Lipinski definition) is 4. The van der Waals surface area contributed by atoms with E-state index in [-0.39, 0.29) is 23.6 Å². The molecule has 0 bridgehead atoms. The van der Waals surface area contributed by atoms with Gasteiger partial charge in [-0.1, -0.05) is 49.7 Å². The number of hydrogen-bond donors (Lipinski definition) is 1. The van der Waals surface area contributed by atoms with Gasteiger partial charge in [0, 0.05) is 10.6 Å². The zero-order valence-electron chi connectivity index (χ0n) is 17.9. The predicted molar refractivity (Wildman–Crippen MR) is 120 cm³/mol. The van der Waals surface area contributed by atoms with E-state index >= 15 is 0 Å². The summed E-state index contributed by atoms with van der Waals surface area (Å²) in [5, 5.41) is 19.2. The summed E-state index contributed by atoms with van der Waals surface area (Å²) in [6.45, 7) is 7.80. The molecule has 8 heteroatoms. The molecule has 0 fully saturated rings. The number of nitro groups is 1. The molecule has 31 heavy (non-hydrogen) atoms. The van der Waals surface area contributed by atoms with Gasteiger partial charge in [-0.25, -0.2) is 0 Å². The number of carbonyl (C=O) groups is 1. The lowest BCUT2D eigenvalue weighted by Crippen LogP contribution is -2.31. The van der Waals surface area contributed by atoms with Crippen LogP contribution in [0.15, 0.2) is 48.5 Å². The molecule has 0 aliphatic carbocycles. The number of benzene rings is 2. The number of rotatable bonds is 7. The van der Waals surface area contributed by atoms with Gasteiger partial charge < -0.3 is 5.32 Å². The van der Waals surface area contributed by atoms with E-state index in [1.54, 1.807) is 30.7 Å². The quantitative estimate of drug-likeness (QED) is 0.402. The molecule has 1 unspecified atom stereocenters. The Morgan fingerprint density at radius 1 is 1.13 bits per heavy atom. The average molecular weight is 441 g/mol.